The van der Waals surface area contributed by atoms with E-state index < -0.39 is 23.6 Å². The van der Waals surface area contributed by atoms with Gasteiger partial charge in [-0.05, 0) is 55.5 Å². The molecule has 1 atom stereocenters. The molecular formula is C23H17F2N3O2. The highest BCUT2D eigenvalue weighted by Gasteiger charge is 2.16. The molecule has 1 aromatic heterocycles. The Kier molecular flexibility index (Phi) is 5.34. The molecule has 0 aliphatic heterocycles. The maximum atomic E-state index is 13.3. The van der Waals surface area contributed by atoms with Crippen LogP contribution in [0.15, 0.2) is 72.9 Å². The lowest BCUT2D eigenvalue weighted by atomic mass is 10.1. The minimum atomic E-state index is -1.03. The lowest BCUT2D eigenvalue weighted by Gasteiger charge is -2.15. The van der Waals surface area contributed by atoms with Crippen molar-refractivity contribution >= 4 is 22.6 Å². The SMILES string of the molecule is C[C@@H](Oc1ccc(-c2cnc3ccccc3n2)cc1)C(=O)Nc1ccc(F)c(F)c1. The number of aromatic nitrogens is 2. The Hall–Kier alpha value is -3.87. The van der Waals surface area contributed by atoms with Crippen molar-refractivity contribution in [3.63, 3.8) is 0 Å². The minimum absolute atomic E-state index is 0.152. The minimum Gasteiger partial charge on any atom is -0.481 e. The number of para-hydroxylation sites is 2. The molecule has 1 amide bonds. The monoisotopic (exact) mass is 405 g/mol. The Morgan fingerprint density at radius 3 is 2.43 bits per heavy atom. The van der Waals surface area contributed by atoms with Crippen molar-refractivity contribution in [2.75, 3.05) is 5.32 Å². The highest BCUT2D eigenvalue weighted by molar-refractivity contribution is 5.94. The van der Waals surface area contributed by atoms with Crippen molar-refractivity contribution in [3.8, 4) is 17.0 Å². The number of fused-ring (bicyclic) bond motifs is 1. The Balaban J connectivity index is 1.43. The number of hydrogen-bond acceptors (Lipinski definition) is 4. The topological polar surface area (TPSA) is 64.1 Å². The maximum absolute atomic E-state index is 13.3. The van der Waals surface area contributed by atoms with Gasteiger partial charge in [0.2, 0.25) is 0 Å². The molecule has 0 saturated carbocycles. The summed E-state index contributed by atoms with van der Waals surface area (Å²) in [6.07, 6.45) is 0.861. The lowest BCUT2D eigenvalue weighted by molar-refractivity contribution is -0.122. The van der Waals surface area contributed by atoms with Crippen LogP contribution >= 0.6 is 0 Å². The summed E-state index contributed by atoms with van der Waals surface area (Å²) in [4.78, 5) is 21.3. The van der Waals surface area contributed by atoms with Crippen LogP contribution in [0.5, 0.6) is 5.75 Å². The molecule has 1 heterocycles. The van der Waals surface area contributed by atoms with Gasteiger partial charge in [-0.15, -0.1) is 0 Å². The van der Waals surface area contributed by atoms with Gasteiger partial charge in [0.25, 0.3) is 5.91 Å². The second-order valence-corrected chi connectivity index (χ2v) is 6.65. The maximum Gasteiger partial charge on any atom is 0.265 e. The Labute approximate surface area is 171 Å². The van der Waals surface area contributed by atoms with Crippen molar-refractivity contribution < 1.29 is 18.3 Å². The number of anilines is 1. The molecule has 4 rings (SSSR count). The average Bonchev–Trinajstić information content (AvgIpc) is 2.76. The standard InChI is InChI=1S/C23H17F2N3O2/c1-14(23(29)27-16-8-11-18(24)19(25)12-16)30-17-9-6-15(7-10-17)22-13-26-20-4-2-3-5-21(20)28-22/h2-14H,1H3,(H,27,29)/t14-/m1/s1. The van der Waals surface area contributed by atoms with E-state index in [1.54, 1.807) is 25.3 Å². The number of halogens is 2. The summed E-state index contributed by atoms with van der Waals surface area (Å²) in [5.74, 6) is -2.01. The van der Waals surface area contributed by atoms with E-state index in [4.69, 9.17) is 4.74 Å². The first-order chi connectivity index (χ1) is 14.5. The van der Waals surface area contributed by atoms with Crippen LogP contribution in [0, 0.1) is 11.6 Å². The van der Waals surface area contributed by atoms with Gasteiger partial charge in [0.05, 0.1) is 22.9 Å². The zero-order chi connectivity index (χ0) is 21.1. The molecule has 3 aromatic carbocycles. The van der Waals surface area contributed by atoms with Crippen LogP contribution in [-0.4, -0.2) is 22.0 Å². The van der Waals surface area contributed by atoms with Gasteiger partial charge < -0.3 is 10.1 Å². The van der Waals surface area contributed by atoms with Gasteiger partial charge in [0, 0.05) is 17.3 Å². The molecule has 30 heavy (non-hydrogen) atoms. The zero-order valence-electron chi connectivity index (χ0n) is 16.0. The fourth-order valence-electron chi connectivity index (χ4n) is 2.88. The molecule has 0 aliphatic rings. The van der Waals surface area contributed by atoms with E-state index in [2.05, 4.69) is 15.3 Å². The van der Waals surface area contributed by atoms with Crippen molar-refractivity contribution in [2.24, 2.45) is 0 Å². The molecular weight excluding hydrogens is 388 g/mol. The number of hydrogen-bond donors (Lipinski definition) is 1. The number of amides is 1. The van der Waals surface area contributed by atoms with E-state index >= 15 is 0 Å². The fourth-order valence-corrected chi connectivity index (χ4v) is 2.88. The van der Waals surface area contributed by atoms with Gasteiger partial charge in [0.1, 0.15) is 5.75 Å². The number of nitrogens with one attached hydrogen (secondary N) is 1. The average molecular weight is 405 g/mol. The smallest absolute Gasteiger partial charge is 0.265 e. The first-order valence-electron chi connectivity index (χ1n) is 9.24. The molecule has 0 saturated heterocycles. The number of benzene rings is 3. The van der Waals surface area contributed by atoms with E-state index in [1.807, 2.05) is 36.4 Å². The summed E-state index contributed by atoms with van der Waals surface area (Å²) in [5, 5.41) is 2.50. The quantitative estimate of drug-likeness (QED) is 0.509. The first kappa shape index (κ1) is 19.4. The van der Waals surface area contributed by atoms with E-state index in [1.165, 1.54) is 6.07 Å². The van der Waals surface area contributed by atoms with Gasteiger partial charge in [-0.25, -0.2) is 13.8 Å². The second kappa shape index (κ2) is 8.24. The molecule has 5 nitrogen and oxygen atoms in total. The van der Waals surface area contributed by atoms with Crippen LogP contribution in [0.2, 0.25) is 0 Å². The summed E-state index contributed by atoms with van der Waals surface area (Å²) >= 11 is 0. The van der Waals surface area contributed by atoms with Gasteiger partial charge >= 0.3 is 0 Å². The van der Waals surface area contributed by atoms with Gasteiger partial charge in [0.15, 0.2) is 17.7 Å². The second-order valence-electron chi connectivity index (χ2n) is 6.65. The fraction of sp³-hybridized carbons (Fsp3) is 0.0870. The van der Waals surface area contributed by atoms with Crippen molar-refractivity contribution in [2.45, 2.75) is 13.0 Å². The van der Waals surface area contributed by atoms with Crippen LogP contribution in [0.25, 0.3) is 22.3 Å². The number of nitrogens with zero attached hydrogens (tertiary/aromatic N) is 2. The van der Waals surface area contributed by atoms with Crippen LogP contribution < -0.4 is 10.1 Å². The van der Waals surface area contributed by atoms with Crippen molar-refractivity contribution in [3.05, 3.63) is 84.6 Å². The van der Waals surface area contributed by atoms with E-state index in [-0.39, 0.29) is 5.69 Å². The molecule has 0 fully saturated rings. The first-order valence-corrected chi connectivity index (χ1v) is 9.24. The third-order valence-electron chi connectivity index (χ3n) is 4.47. The number of rotatable bonds is 5. The van der Waals surface area contributed by atoms with Crippen molar-refractivity contribution in [1.82, 2.24) is 9.97 Å². The molecule has 0 spiro atoms. The number of ether oxygens (including phenoxy) is 1. The summed E-state index contributed by atoms with van der Waals surface area (Å²) in [6.45, 7) is 1.57. The summed E-state index contributed by atoms with van der Waals surface area (Å²) in [5.41, 5.74) is 3.36. The molecule has 0 bridgehead atoms. The summed E-state index contributed by atoms with van der Waals surface area (Å²) in [6, 6.07) is 17.9. The lowest BCUT2D eigenvalue weighted by Crippen LogP contribution is -2.30. The van der Waals surface area contributed by atoms with E-state index in [0.29, 0.717) is 5.75 Å². The number of carbonyl (C=O) groups excluding carboxylic acids is 1. The van der Waals surface area contributed by atoms with E-state index in [0.717, 1.165) is 34.4 Å². The molecule has 7 heteroatoms. The van der Waals surface area contributed by atoms with Crippen LogP contribution in [-0.2, 0) is 4.79 Å². The third-order valence-corrected chi connectivity index (χ3v) is 4.47. The molecule has 0 unspecified atom stereocenters. The highest BCUT2D eigenvalue weighted by Crippen LogP contribution is 2.23. The molecule has 1 N–H and O–H groups in total. The molecule has 150 valence electrons. The predicted octanol–water partition coefficient (Wildman–Crippen LogP) is 4.98. The van der Waals surface area contributed by atoms with Crippen molar-refractivity contribution in [1.29, 1.82) is 0 Å². The van der Waals surface area contributed by atoms with Gasteiger partial charge in [-0.1, -0.05) is 12.1 Å². The van der Waals surface area contributed by atoms with E-state index in [9.17, 15) is 13.6 Å². The van der Waals surface area contributed by atoms with Crippen LogP contribution in [0.3, 0.4) is 0 Å². The summed E-state index contributed by atoms with van der Waals surface area (Å²) in [7, 11) is 0. The van der Waals surface area contributed by atoms with Gasteiger partial charge in [-0.3, -0.25) is 9.78 Å². The highest BCUT2D eigenvalue weighted by atomic mass is 19.2. The molecule has 0 radical (unpaired) electrons. The Morgan fingerprint density at radius 1 is 0.967 bits per heavy atom. The molecule has 0 aliphatic carbocycles. The Morgan fingerprint density at radius 2 is 1.70 bits per heavy atom. The summed E-state index contributed by atoms with van der Waals surface area (Å²) < 4.78 is 31.9. The molecule has 4 aromatic rings. The van der Waals surface area contributed by atoms with Crippen LogP contribution in [0.4, 0.5) is 14.5 Å². The Bertz CT molecular complexity index is 1210. The largest absolute Gasteiger partial charge is 0.481 e. The van der Waals surface area contributed by atoms with Gasteiger partial charge in [-0.2, -0.15) is 0 Å². The normalized spacial score (nSPS) is 11.8. The zero-order valence-corrected chi connectivity index (χ0v) is 16.0. The number of carbonyl (C=O) groups is 1. The third kappa shape index (κ3) is 4.25. The van der Waals surface area contributed by atoms with Crippen LogP contribution in [0.1, 0.15) is 6.92 Å². The predicted molar refractivity (Wildman–Crippen MR) is 110 cm³/mol.